The van der Waals surface area contributed by atoms with Gasteiger partial charge in [0.2, 0.25) is 0 Å². The van der Waals surface area contributed by atoms with Crippen LogP contribution < -0.4 is 10.1 Å². The molecule has 2 unspecified atom stereocenters. The number of rotatable bonds is 5. The van der Waals surface area contributed by atoms with Crippen LogP contribution in [-0.4, -0.2) is 22.9 Å². The second-order valence-electron chi connectivity index (χ2n) is 5.49. The third-order valence-corrected chi connectivity index (χ3v) is 6.00. The molecule has 0 spiro atoms. The lowest BCUT2D eigenvalue weighted by molar-refractivity contribution is -0.138. The molecule has 2 atom stereocenters. The van der Waals surface area contributed by atoms with Crippen LogP contribution in [0.1, 0.15) is 16.5 Å². The molecule has 1 saturated heterocycles. The number of ether oxygens (including phenoxy) is 1. The van der Waals surface area contributed by atoms with Gasteiger partial charge in [-0.05, 0) is 45.8 Å². The average molecular weight is 463 g/mol. The number of thioether (sulfide) groups is 1. The number of aliphatic carboxylic acids is 1. The largest absolute Gasteiger partial charge is 0.487 e. The van der Waals surface area contributed by atoms with Crippen molar-refractivity contribution in [3.05, 3.63) is 62.0 Å². The molecule has 8 heteroatoms. The van der Waals surface area contributed by atoms with Crippen LogP contribution in [0.25, 0.3) is 0 Å². The van der Waals surface area contributed by atoms with E-state index in [4.69, 9.17) is 27.9 Å². The van der Waals surface area contributed by atoms with Crippen LogP contribution in [0, 0.1) is 0 Å². The maximum atomic E-state index is 11.2. The number of benzene rings is 2. The maximum Gasteiger partial charge on any atom is 0.321 e. The fraction of sp³-hybridized carbons (Fsp3) is 0.235. The van der Waals surface area contributed by atoms with Gasteiger partial charge in [0.25, 0.3) is 0 Å². The molecule has 4 nitrogen and oxygen atoms in total. The fourth-order valence-electron chi connectivity index (χ4n) is 2.46. The Bertz CT molecular complexity index is 788. The van der Waals surface area contributed by atoms with Gasteiger partial charge in [-0.15, -0.1) is 11.8 Å². The molecule has 0 amide bonds. The van der Waals surface area contributed by atoms with E-state index >= 15 is 0 Å². The molecule has 2 N–H and O–H groups in total. The van der Waals surface area contributed by atoms with Gasteiger partial charge in [-0.1, -0.05) is 35.3 Å². The molecule has 132 valence electrons. The highest BCUT2D eigenvalue weighted by Crippen LogP contribution is 2.43. The molecule has 0 saturated carbocycles. The van der Waals surface area contributed by atoms with Crippen molar-refractivity contribution in [1.82, 2.24) is 5.32 Å². The summed E-state index contributed by atoms with van der Waals surface area (Å²) in [7, 11) is 0. The summed E-state index contributed by atoms with van der Waals surface area (Å²) in [5, 5.41) is 13.3. The van der Waals surface area contributed by atoms with E-state index in [2.05, 4.69) is 21.2 Å². The Balaban J connectivity index is 1.83. The first-order valence-corrected chi connectivity index (χ1v) is 10.0. The first kappa shape index (κ1) is 18.9. The maximum absolute atomic E-state index is 11.2. The Morgan fingerprint density at radius 3 is 2.64 bits per heavy atom. The molecule has 25 heavy (non-hydrogen) atoms. The monoisotopic (exact) mass is 461 g/mol. The van der Waals surface area contributed by atoms with Gasteiger partial charge < -0.3 is 9.84 Å². The number of carbonyl (C=O) groups is 1. The zero-order valence-electron chi connectivity index (χ0n) is 12.8. The van der Waals surface area contributed by atoms with Crippen molar-refractivity contribution in [3.8, 4) is 5.75 Å². The number of nitrogens with one attached hydrogen (secondary N) is 1. The molecular weight excluding hydrogens is 449 g/mol. The SMILES string of the molecule is O=C(O)C1CSC(c2cc(Cl)cc(Br)c2OCc2ccc(Cl)cc2)N1. The summed E-state index contributed by atoms with van der Waals surface area (Å²) in [5.74, 6) is 0.274. The zero-order valence-corrected chi connectivity index (χ0v) is 16.8. The van der Waals surface area contributed by atoms with Crippen LogP contribution in [0.4, 0.5) is 0 Å². The minimum absolute atomic E-state index is 0.198. The molecule has 0 aromatic heterocycles. The van der Waals surface area contributed by atoms with Gasteiger partial charge in [-0.3, -0.25) is 10.1 Å². The van der Waals surface area contributed by atoms with E-state index < -0.39 is 12.0 Å². The first-order chi connectivity index (χ1) is 11.9. The summed E-state index contributed by atoms with van der Waals surface area (Å²) in [6.45, 7) is 0.365. The van der Waals surface area contributed by atoms with Crippen LogP contribution in [0.15, 0.2) is 40.9 Å². The summed E-state index contributed by atoms with van der Waals surface area (Å²) in [6, 6.07) is 10.4. The topological polar surface area (TPSA) is 58.6 Å². The van der Waals surface area contributed by atoms with Crippen molar-refractivity contribution in [2.45, 2.75) is 18.0 Å². The molecule has 2 aromatic carbocycles. The van der Waals surface area contributed by atoms with E-state index in [-0.39, 0.29) is 5.37 Å². The van der Waals surface area contributed by atoms with Crippen LogP contribution >= 0.6 is 50.9 Å². The van der Waals surface area contributed by atoms with Crippen LogP contribution in [0.3, 0.4) is 0 Å². The van der Waals surface area contributed by atoms with Crippen LogP contribution in [-0.2, 0) is 11.4 Å². The van der Waals surface area contributed by atoms with Crippen molar-refractivity contribution in [1.29, 1.82) is 0 Å². The summed E-state index contributed by atoms with van der Waals surface area (Å²) in [5.41, 5.74) is 1.80. The number of hydrogen-bond donors (Lipinski definition) is 2. The number of halogens is 3. The van der Waals surface area contributed by atoms with Gasteiger partial charge in [-0.25, -0.2) is 0 Å². The third-order valence-electron chi connectivity index (χ3n) is 3.70. The van der Waals surface area contributed by atoms with Crippen LogP contribution in [0.5, 0.6) is 5.75 Å². The van der Waals surface area contributed by atoms with Gasteiger partial charge in [0.15, 0.2) is 0 Å². The van der Waals surface area contributed by atoms with E-state index in [1.165, 1.54) is 11.8 Å². The van der Waals surface area contributed by atoms with E-state index in [0.29, 0.717) is 28.2 Å². The highest BCUT2D eigenvalue weighted by atomic mass is 79.9. The Morgan fingerprint density at radius 1 is 1.28 bits per heavy atom. The van der Waals surface area contributed by atoms with Crippen molar-refractivity contribution in [3.63, 3.8) is 0 Å². The van der Waals surface area contributed by atoms with Gasteiger partial charge in [0.05, 0.1) is 9.85 Å². The summed E-state index contributed by atoms with van der Waals surface area (Å²) in [6.07, 6.45) is 0. The lowest BCUT2D eigenvalue weighted by Gasteiger charge is -2.19. The lowest BCUT2D eigenvalue weighted by Crippen LogP contribution is -2.33. The van der Waals surface area contributed by atoms with Gasteiger partial charge in [0.1, 0.15) is 18.4 Å². The second kappa shape index (κ2) is 8.18. The second-order valence-corrected chi connectivity index (χ2v) is 8.36. The molecular formula is C17H14BrCl2NO3S. The van der Waals surface area contributed by atoms with Crippen molar-refractivity contribution in [2.75, 3.05) is 5.75 Å². The summed E-state index contributed by atoms with van der Waals surface area (Å²) >= 11 is 17.1. The molecule has 1 aliphatic heterocycles. The lowest BCUT2D eigenvalue weighted by atomic mass is 10.1. The van der Waals surface area contributed by atoms with Crippen LogP contribution in [0.2, 0.25) is 10.0 Å². The Morgan fingerprint density at radius 2 is 2.00 bits per heavy atom. The minimum atomic E-state index is -0.861. The zero-order chi connectivity index (χ0) is 18.0. The molecule has 0 aliphatic carbocycles. The fourth-order valence-corrected chi connectivity index (χ4v) is 4.77. The Kier molecular flexibility index (Phi) is 6.17. The number of carboxylic acids is 1. The first-order valence-electron chi connectivity index (χ1n) is 7.40. The summed E-state index contributed by atoms with van der Waals surface area (Å²) < 4.78 is 6.73. The highest BCUT2D eigenvalue weighted by molar-refractivity contribution is 9.10. The third kappa shape index (κ3) is 4.63. The molecule has 1 aliphatic rings. The number of hydrogen-bond acceptors (Lipinski definition) is 4. The van der Waals surface area contributed by atoms with Crippen molar-refractivity contribution >= 4 is 56.9 Å². The average Bonchev–Trinajstić information content (AvgIpc) is 3.05. The normalized spacial score (nSPS) is 19.8. The predicted molar refractivity (Wildman–Crippen MR) is 105 cm³/mol. The van der Waals surface area contributed by atoms with Crippen molar-refractivity contribution in [2.24, 2.45) is 0 Å². The minimum Gasteiger partial charge on any atom is -0.487 e. The van der Waals surface area contributed by atoms with E-state index in [9.17, 15) is 9.90 Å². The summed E-state index contributed by atoms with van der Waals surface area (Å²) in [4.78, 5) is 11.2. The van der Waals surface area contributed by atoms with Crippen molar-refractivity contribution < 1.29 is 14.6 Å². The van der Waals surface area contributed by atoms with E-state index in [1.54, 1.807) is 12.1 Å². The molecule has 2 aromatic rings. The molecule has 1 heterocycles. The van der Waals surface area contributed by atoms with Gasteiger partial charge in [0, 0.05) is 21.4 Å². The molecule has 0 radical (unpaired) electrons. The number of carboxylic acid groups (broad SMARTS) is 1. The molecule has 0 bridgehead atoms. The quantitative estimate of drug-likeness (QED) is 0.645. The standard InChI is InChI=1S/C17H14BrCl2NO3S/c18-13-6-11(20)5-12(16-21-14(8-25-16)17(22)23)15(13)24-7-9-1-3-10(19)4-2-9/h1-6,14,16,21H,7-8H2,(H,22,23). The van der Waals surface area contributed by atoms with E-state index in [1.807, 2.05) is 24.3 Å². The Labute approximate surface area is 168 Å². The molecule has 1 fully saturated rings. The molecule has 3 rings (SSSR count). The highest BCUT2D eigenvalue weighted by Gasteiger charge is 2.32. The predicted octanol–water partition coefficient (Wildman–Crippen LogP) is 5.12. The Hall–Kier alpha value is -0.920. The van der Waals surface area contributed by atoms with Gasteiger partial charge >= 0.3 is 5.97 Å². The van der Waals surface area contributed by atoms with Gasteiger partial charge in [-0.2, -0.15) is 0 Å². The van der Waals surface area contributed by atoms with E-state index in [0.717, 1.165) is 15.6 Å². The smallest absolute Gasteiger partial charge is 0.321 e.